The molecule has 0 aromatic carbocycles. The van der Waals surface area contributed by atoms with Gasteiger partial charge in [-0.2, -0.15) is 9.36 Å². The van der Waals surface area contributed by atoms with E-state index in [1.807, 2.05) is 0 Å². The molecule has 0 bridgehead atoms. The molecule has 16 heteroatoms. The first-order valence-electron chi connectivity index (χ1n) is 10.6. The molecule has 2 atom stereocenters. The Bertz CT molecular complexity index is 1350. The zero-order chi connectivity index (χ0) is 26.7. The Morgan fingerprint density at radius 2 is 2.11 bits per heavy atom. The number of rotatable bonds is 9. The first-order valence-corrected chi connectivity index (χ1v) is 12.4. The van der Waals surface area contributed by atoms with Gasteiger partial charge in [0.2, 0.25) is 17.4 Å². The summed E-state index contributed by atoms with van der Waals surface area (Å²) in [7, 11) is 1.23. The number of carboxylic acids is 1. The number of fused-ring (bicyclic) bond motifs is 1. The average molecular weight is 545 g/mol. The van der Waals surface area contributed by atoms with Gasteiger partial charge in [0.25, 0.3) is 11.8 Å². The summed E-state index contributed by atoms with van der Waals surface area (Å²) < 4.78 is 5.68. The van der Waals surface area contributed by atoms with Crippen LogP contribution in [0.4, 0.5) is 5.13 Å². The highest BCUT2D eigenvalue weighted by atomic mass is 32.2. The number of pyridine rings is 1. The van der Waals surface area contributed by atoms with E-state index in [2.05, 4.69) is 19.8 Å². The van der Waals surface area contributed by atoms with Crippen molar-refractivity contribution in [2.75, 3.05) is 18.6 Å². The highest BCUT2D eigenvalue weighted by Crippen LogP contribution is 2.40. The molecule has 37 heavy (non-hydrogen) atoms. The summed E-state index contributed by atoms with van der Waals surface area (Å²) in [5.74, 6) is -3.25. The SMILES string of the molecule is CON=C(C(=O)NC1C(=O)N2C(C(=O)[O-])=C(C=CC[n+]3ccc(C(N)=O)cc3)CS[C@H]12)c1nsc(N)n1. The van der Waals surface area contributed by atoms with E-state index in [9.17, 15) is 24.3 Å². The highest BCUT2D eigenvalue weighted by Gasteiger charge is 2.53. The maximum absolute atomic E-state index is 12.9. The lowest BCUT2D eigenvalue weighted by Gasteiger charge is -2.50. The van der Waals surface area contributed by atoms with Crippen LogP contribution in [0, 0.1) is 0 Å². The molecule has 3 amide bonds. The summed E-state index contributed by atoms with van der Waals surface area (Å²) in [6, 6.07) is 2.13. The fourth-order valence-electron chi connectivity index (χ4n) is 3.64. The number of amides is 3. The van der Waals surface area contributed by atoms with Crippen molar-refractivity contribution in [3.05, 3.63) is 59.3 Å². The van der Waals surface area contributed by atoms with Crippen LogP contribution < -0.4 is 26.5 Å². The molecule has 14 nitrogen and oxygen atoms in total. The lowest BCUT2D eigenvalue weighted by Crippen LogP contribution is -2.71. The van der Waals surface area contributed by atoms with Crippen LogP contribution in [0.15, 0.2) is 53.1 Å². The number of β-lactam (4-membered cyclic amide) rings is 1. The molecule has 1 fully saturated rings. The predicted octanol–water partition coefficient (Wildman–Crippen LogP) is -2.48. The van der Waals surface area contributed by atoms with E-state index in [0.717, 1.165) is 16.4 Å². The van der Waals surface area contributed by atoms with E-state index in [1.54, 1.807) is 41.2 Å². The second-order valence-corrected chi connectivity index (χ2v) is 9.54. The van der Waals surface area contributed by atoms with Gasteiger partial charge >= 0.3 is 0 Å². The molecule has 2 aromatic rings. The van der Waals surface area contributed by atoms with Crippen LogP contribution in [0.1, 0.15) is 16.2 Å². The van der Waals surface area contributed by atoms with Crippen molar-refractivity contribution in [3.8, 4) is 0 Å². The highest BCUT2D eigenvalue weighted by molar-refractivity contribution is 8.00. The van der Waals surface area contributed by atoms with Crippen molar-refractivity contribution in [2.45, 2.75) is 18.0 Å². The maximum Gasteiger partial charge on any atom is 0.278 e. The molecular weight excluding hydrogens is 524 g/mol. The van der Waals surface area contributed by atoms with Crippen LogP contribution >= 0.6 is 23.3 Å². The number of nitrogens with one attached hydrogen (secondary N) is 1. The number of aromatic nitrogens is 3. The normalized spacial score (nSPS) is 19.4. The Kier molecular flexibility index (Phi) is 7.49. The fraction of sp³-hybridized carbons (Fsp3) is 0.238. The van der Waals surface area contributed by atoms with E-state index in [0.29, 0.717) is 17.7 Å². The molecule has 0 aliphatic carbocycles. The summed E-state index contributed by atoms with van der Waals surface area (Å²) in [6.45, 7) is 0.375. The van der Waals surface area contributed by atoms with Crippen LogP contribution in [-0.4, -0.2) is 67.9 Å². The third-order valence-electron chi connectivity index (χ3n) is 5.34. The lowest BCUT2D eigenvalue weighted by atomic mass is 10.0. The van der Waals surface area contributed by atoms with Crippen molar-refractivity contribution >= 4 is 57.8 Å². The zero-order valence-electron chi connectivity index (χ0n) is 19.2. The molecule has 2 aromatic heterocycles. The minimum atomic E-state index is -1.51. The minimum Gasteiger partial charge on any atom is -0.543 e. The summed E-state index contributed by atoms with van der Waals surface area (Å²) in [6.07, 6.45) is 6.64. The summed E-state index contributed by atoms with van der Waals surface area (Å²) in [5, 5.41) is 17.6. The summed E-state index contributed by atoms with van der Waals surface area (Å²) in [4.78, 5) is 58.5. The lowest BCUT2D eigenvalue weighted by molar-refractivity contribution is -0.687. The van der Waals surface area contributed by atoms with E-state index < -0.39 is 35.1 Å². The Morgan fingerprint density at radius 3 is 2.70 bits per heavy atom. The number of anilines is 1. The van der Waals surface area contributed by atoms with Crippen molar-refractivity contribution in [2.24, 2.45) is 10.9 Å². The van der Waals surface area contributed by atoms with Gasteiger partial charge in [-0.3, -0.25) is 19.3 Å². The van der Waals surface area contributed by atoms with E-state index in [-0.39, 0.29) is 28.1 Å². The molecule has 4 heterocycles. The number of nitrogens with zero attached hydrogens (tertiary/aromatic N) is 5. The van der Waals surface area contributed by atoms with Crippen molar-refractivity contribution in [1.29, 1.82) is 0 Å². The van der Waals surface area contributed by atoms with Crippen LogP contribution in [0.5, 0.6) is 0 Å². The molecule has 2 aliphatic rings. The second-order valence-electron chi connectivity index (χ2n) is 7.65. The topological polar surface area (TPSA) is 210 Å². The molecule has 1 unspecified atom stereocenters. The monoisotopic (exact) mass is 544 g/mol. The number of hydrogen-bond donors (Lipinski definition) is 3. The van der Waals surface area contributed by atoms with Gasteiger partial charge in [-0.1, -0.05) is 11.2 Å². The standard InChI is InChI=1S/C21H20N8O6S2/c1-35-26-12(16-25-21(23)37-27-16)17(31)24-13-18(32)29-14(20(33)34)11(9-36-19(13)29)3-2-6-28-7-4-10(5-8-28)15(22)30/h2-5,7-8,13,19H,6,9H2,1H3,(H5-,22,23,24,25,27,30,31,33,34)/t13?,19-/m1/s1. The van der Waals surface area contributed by atoms with Crippen LogP contribution in [0.3, 0.4) is 0 Å². The van der Waals surface area contributed by atoms with Crippen LogP contribution in [-0.2, 0) is 25.8 Å². The number of carboxylic acid groups (broad SMARTS) is 1. The first-order chi connectivity index (χ1) is 17.7. The number of aliphatic carboxylic acids is 1. The molecule has 4 rings (SSSR count). The number of nitrogens with two attached hydrogens (primary N) is 2. The Labute approximate surface area is 217 Å². The van der Waals surface area contributed by atoms with Gasteiger partial charge in [0.15, 0.2) is 24.1 Å². The number of thioether (sulfide) groups is 1. The first kappa shape index (κ1) is 25.8. The molecule has 0 spiro atoms. The average Bonchev–Trinajstić information content (AvgIpc) is 3.31. The van der Waals surface area contributed by atoms with Gasteiger partial charge in [-0.05, 0) is 11.6 Å². The fourth-order valence-corrected chi connectivity index (χ4v) is 5.39. The van der Waals surface area contributed by atoms with Gasteiger partial charge in [-0.15, -0.1) is 11.8 Å². The van der Waals surface area contributed by atoms with Gasteiger partial charge in [0.1, 0.15) is 18.5 Å². The maximum atomic E-state index is 12.9. The van der Waals surface area contributed by atoms with Crippen molar-refractivity contribution < 1.29 is 33.7 Å². The minimum absolute atomic E-state index is 0.0633. The number of primary amides is 1. The molecule has 192 valence electrons. The van der Waals surface area contributed by atoms with Crippen molar-refractivity contribution in [3.63, 3.8) is 0 Å². The Hall–Kier alpha value is -4.31. The third kappa shape index (κ3) is 5.29. The molecule has 5 N–H and O–H groups in total. The van der Waals surface area contributed by atoms with Crippen LogP contribution in [0.25, 0.3) is 0 Å². The van der Waals surface area contributed by atoms with Gasteiger partial charge in [-0.25, -0.2) is 4.57 Å². The van der Waals surface area contributed by atoms with E-state index in [4.69, 9.17) is 16.3 Å². The smallest absolute Gasteiger partial charge is 0.278 e. The Balaban J connectivity index is 1.47. The number of allylic oxidation sites excluding steroid dienone is 2. The number of nitrogen functional groups attached to an aromatic ring is 1. The molecule has 1 saturated heterocycles. The van der Waals surface area contributed by atoms with Crippen LogP contribution in [0.2, 0.25) is 0 Å². The Morgan fingerprint density at radius 1 is 1.38 bits per heavy atom. The quantitative estimate of drug-likeness (QED) is 0.131. The number of hydrogen-bond acceptors (Lipinski definition) is 12. The number of carbonyl (C=O) groups excluding carboxylic acids is 4. The number of oxime groups is 1. The summed E-state index contributed by atoms with van der Waals surface area (Å²) >= 11 is 2.14. The zero-order valence-corrected chi connectivity index (χ0v) is 20.8. The largest absolute Gasteiger partial charge is 0.543 e. The molecule has 2 aliphatic heterocycles. The molecular formula is C21H20N8O6S2. The second kappa shape index (κ2) is 10.8. The number of carbonyl (C=O) groups is 4. The molecule has 0 saturated carbocycles. The molecule has 0 radical (unpaired) electrons. The predicted molar refractivity (Wildman–Crippen MR) is 129 cm³/mol. The van der Waals surface area contributed by atoms with E-state index in [1.165, 1.54) is 18.9 Å². The summed E-state index contributed by atoms with van der Waals surface area (Å²) in [5.41, 5.74) is 11.0. The third-order valence-corrected chi connectivity index (χ3v) is 7.18. The van der Waals surface area contributed by atoms with Gasteiger partial charge in [0.05, 0.1) is 17.2 Å². The van der Waals surface area contributed by atoms with Gasteiger partial charge in [0, 0.05) is 29.4 Å². The van der Waals surface area contributed by atoms with E-state index >= 15 is 0 Å². The van der Waals surface area contributed by atoms with Crippen molar-refractivity contribution in [1.82, 2.24) is 19.6 Å². The van der Waals surface area contributed by atoms with Gasteiger partial charge < -0.3 is 31.5 Å².